The molecule has 0 radical (unpaired) electrons. The van der Waals surface area contributed by atoms with E-state index < -0.39 is 4.92 Å². The fraction of sp³-hybridized carbons (Fsp3) is 0.462. The van der Waals surface area contributed by atoms with Crippen molar-refractivity contribution in [2.75, 3.05) is 0 Å². The highest BCUT2D eigenvalue weighted by Crippen LogP contribution is 2.21. The zero-order valence-electron chi connectivity index (χ0n) is 10.4. The molecule has 0 unspecified atom stereocenters. The lowest BCUT2D eigenvalue weighted by Crippen LogP contribution is -2.08. The molecule has 0 saturated carbocycles. The average molecular weight is 235 g/mol. The van der Waals surface area contributed by atoms with Gasteiger partial charge in [0, 0.05) is 24.5 Å². The molecule has 17 heavy (non-hydrogen) atoms. The molecular weight excluding hydrogens is 218 g/mol. The number of nitro benzene ring substituents is 1. The highest BCUT2D eigenvalue weighted by molar-refractivity contribution is 5.82. The second kappa shape index (κ2) is 5.57. The molecular formula is C13H17NO3. The highest BCUT2D eigenvalue weighted by Gasteiger charge is 2.16. The Kier molecular flexibility index (Phi) is 4.37. The van der Waals surface area contributed by atoms with Gasteiger partial charge in [0.15, 0.2) is 0 Å². The van der Waals surface area contributed by atoms with Crippen molar-refractivity contribution >= 4 is 11.5 Å². The monoisotopic (exact) mass is 235 g/mol. The molecule has 1 aromatic rings. The summed E-state index contributed by atoms with van der Waals surface area (Å²) in [6, 6.07) is 4.98. The zero-order chi connectivity index (χ0) is 13.0. The van der Waals surface area contributed by atoms with Gasteiger partial charge in [-0.25, -0.2) is 0 Å². The smallest absolute Gasteiger partial charge is 0.273 e. The van der Waals surface area contributed by atoms with Gasteiger partial charge in [0.05, 0.1) is 4.92 Å². The van der Waals surface area contributed by atoms with E-state index in [0.29, 0.717) is 12.0 Å². The third-order valence-electron chi connectivity index (χ3n) is 2.46. The maximum Gasteiger partial charge on any atom is 0.273 e. The molecule has 0 aliphatic heterocycles. The SMILES string of the molecule is Cc1ccc(CC(=O)CC(C)C)c([N+](=O)[O-])c1. The summed E-state index contributed by atoms with van der Waals surface area (Å²) < 4.78 is 0. The Balaban J connectivity index is 2.91. The summed E-state index contributed by atoms with van der Waals surface area (Å²) in [4.78, 5) is 22.1. The van der Waals surface area contributed by atoms with Crippen molar-refractivity contribution in [2.45, 2.75) is 33.6 Å². The van der Waals surface area contributed by atoms with Crippen LogP contribution < -0.4 is 0 Å². The van der Waals surface area contributed by atoms with E-state index in [2.05, 4.69) is 0 Å². The lowest BCUT2D eigenvalue weighted by atomic mass is 9.99. The van der Waals surface area contributed by atoms with E-state index in [1.165, 1.54) is 6.07 Å². The van der Waals surface area contributed by atoms with Gasteiger partial charge in [-0.2, -0.15) is 0 Å². The molecule has 0 aliphatic carbocycles. The van der Waals surface area contributed by atoms with Crippen molar-refractivity contribution < 1.29 is 9.72 Å². The van der Waals surface area contributed by atoms with Crippen LogP contribution in [0.1, 0.15) is 31.4 Å². The van der Waals surface area contributed by atoms with E-state index in [4.69, 9.17) is 0 Å². The van der Waals surface area contributed by atoms with Crippen LogP contribution in [0, 0.1) is 23.0 Å². The van der Waals surface area contributed by atoms with E-state index in [1.54, 1.807) is 19.1 Å². The first-order valence-electron chi connectivity index (χ1n) is 5.65. The second-order valence-corrected chi connectivity index (χ2v) is 4.70. The maximum absolute atomic E-state index is 11.7. The second-order valence-electron chi connectivity index (χ2n) is 4.70. The molecule has 0 heterocycles. The van der Waals surface area contributed by atoms with Gasteiger partial charge in [0.1, 0.15) is 5.78 Å². The fourth-order valence-electron chi connectivity index (χ4n) is 1.73. The van der Waals surface area contributed by atoms with Crippen molar-refractivity contribution in [3.05, 3.63) is 39.4 Å². The predicted molar refractivity (Wildman–Crippen MR) is 66.0 cm³/mol. The van der Waals surface area contributed by atoms with Gasteiger partial charge < -0.3 is 0 Å². The Hall–Kier alpha value is -1.71. The number of aryl methyl sites for hydroxylation is 1. The van der Waals surface area contributed by atoms with E-state index in [9.17, 15) is 14.9 Å². The number of ketones is 1. The molecule has 0 atom stereocenters. The molecule has 0 N–H and O–H groups in total. The number of nitro groups is 1. The van der Waals surface area contributed by atoms with E-state index >= 15 is 0 Å². The largest absolute Gasteiger partial charge is 0.299 e. The minimum Gasteiger partial charge on any atom is -0.299 e. The minimum atomic E-state index is -0.426. The van der Waals surface area contributed by atoms with Crippen molar-refractivity contribution in [1.82, 2.24) is 0 Å². The van der Waals surface area contributed by atoms with E-state index in [-0.39, 0.29) is 23.8 Å². The first kappa shape index (κ1) is 13.4. The van der Waals surface area contributed by atoms with Crippen molar-refractivity contribution in [1.29, 1.82) is 0 Å². The Labute approximate surface area is 101 Å². The van der Waals surface area contributed by atoms with Gasteiger partial charge in [-0.05, 0) is 18.4 Å². The lowest BCUT2D eigenvalue weighted by molar-refractivity contribution is -0.385. The van der Waals surface area contributed by atoms with Crippen LogP contribution in [0.4, 0.5) is 5.69 Å². The average Bonchev–Trinajstić information content (AvgIpc) is 2.19. The Bertz CT molecular complexity index is 438. The highest BCUT2D eigenvalue weighted by atomic mass is 16.6. The van der Waals surface area contributed by atoms with Crippen LogP contribution in [0.2, 0.25) is 0 Å². The topological polar surface area (TPSA) is 60.2 Å². The van der Waals surface area contributed by atoms with Gasteiger partial charge in [0.2, 0.25) is 0 Å². The van der Waals surface area contributed by atoms with Crippen LogP contribution >= 0.6 is 0 Å². The number of hydrogen-bond donors (Lipinski definition) is 0. The van der Waals surface area contributed by atoms with E-state index in [1.807, 2.05) is 13.8 Å². The number of carbonyl (C=O) groups excluding carboxylic acids is 1. The fourth-order valence-corrected chi connectivity index (χ4v) is 1.73. The summed E-state index contributed by atoms with van der Waals surface area (Å²) in [6.07, 6.45) is 0.611. The Morgan fingerprint density at radius 2 is 2.06 bits per heavy atom. The van der Waals surface area contributed by atoms with E-state index in [0.717, 1.165) is 5.56 Å². The van der Waals surface area contributed by atoms with Crippen LogP contribution in [0.3, 0.4) is 0 Å². The van der Waals surface area contributed by atoms with Gasteiger partial charge in [0.25, 0.3) is 5.69 Å². The summed E-state index contributed by atoms with van der Waals surface area (Å²) in [5.74, 6) is 0.332. The molecule has 4 nitrogen and oxygen atoms in total. The minimum absolute atomic E-state index is 0.0436. The van der Waals surface area contributed by atoms with Gasteiger partial charge in [-0.1, -0.05) is 26.0 Å². The number of rotatable bonds is 5. The Morgan fingerprint density at radius 1 is 1.41 bits per heavy atom. The van der Waals surface area contributed by atoms with Crippen LogP contribution in [0.5, 0.6) is 0 Å². The summed E-state index contributed by atoms with van der Waals surface area (Å²) >= 11 is 0. The third-order valence-corrected chi connectivity index (χ3v) is 2.46. The molecule has 0 bridgehead atoms. The Morgan fingerprint density at radius 3 is 2.59 bits per heavy atom. The van der Waals surface area contributed by atoms with Gasteiger partial charge in [-0.3, -0.25) is 14.9 Å². The molecule has 0 spiro atoms. The number of benzene rings is 1. The molecule has 4 heteroatoms. The molecule has 1 rings (SSSR count). The third kappa shape index (κ3) is 3.98. The molecule has 0 saturated heterocycles. The molecule has 1 aromatic carbocycles. The van der Waals surface area contributed by atoms with Crippen LogP contribution in [0.25, 0.3) is 0 Å². The van der Waals surface area contributed by atoms with Gasteiger partial charge >= 0.3 is 0 Å². The molecule has 0 amide bonds. The van der Waals surface area contributed by atoms with Crippen LogP contribution in [-0.2, 0) is 11.2 Å². The summed E-state index contributed by atoms with van der Waals surface area (Å²) in [5.41, 5.74) is 1.38. The first-order chi connectivity index (χ1) is 7.90. The van der Waals surface area contributed by atoms with Crippen molar-refractivity contribution in [3.63, 3.8) is 0 Å². The predicted octanol–water partition coefficient (Wildman–Crippen LogP) is 3.06. The number of nitrogens with zero attached hydrogens (tertiary/aromatic N) is 1. The van der Waals surface area contributed by atoms with Gasteiger partial charge in [-0.15, -0.1) is 0 Å². The number of carbonyl (C=O) groups is 1. The number of hydrogen-bond acceptors (Lipinski definition) is 3. The standard InChI is InChI=1S/C13H17NO3/c1-9(2)6-12(15)8-11-5-4-10(3)7-13(11)14(16)17/h4-5,7,9H,6,8H2,1-3H3. The van der Waals surface area contributed by atoms with Crippen LogP contribution in [0.15, 0.2) is 18.2 Å². The molecule has 0 aromatic heterocycles. The zero-order valence-corrected chi connectivity index (χ0v) is 10.4. The molecule has 0 fully saturated rings. The quantitative estimate of drug-likeness (QED) is 0.582. The summed E-state index contributed by atoms with van der Waals surface area (Å²) in [5, 5.41) is 10.9. The lowest BCUT2D eigenvalue weighted by Gasteiger charge is -2.05. The number of Topliss-reactive ketones (excluding diaryl/α,β-unsaturated/α-hetero) is 1. The first-order valence-corrected chi connectivity index (χ1v) is 5.65. The van der Waals surface area contributed by atoms with Crippen molar-refractivity contribution in [3.8, 4) is 0 Å². The molecule has 92 valence electrons. The van der Waals surface area contributed by atoms with Crippen molar-refractivity contribution in [2.24, 2.45) is 5.92 Å². The normalized spacial score (nSPS) is 10.6. The summed E-state index contributed by atoms with van der Waals surface area (Å²) in [6.45, 7) is 5.72. The summed E-state index contributed by atoms with van der Waals surface area (Å²) in [7, 11) is 0. The van der Waals surface area contributed by atoms with Crippen LogP contribution in [-0.4, -0.2) is 10.7 Å². The maximum atomic E-state index is 11.7. The molecule has 0 aliphatic rings.